The number of aromatic nitrogens is 1. The number of nitrogens with two attached hydrogens (primary N) is 1. The molecule has 0 fully saturated rings. The average Bonchev–Trinajstić information content (AvgIpc) is 2.51. The van der Waals surface area contributed by atoms with Crippen molar-refractivity contribution >= 4 is 39.2 Å². The van der Waals surface area contributed by atoms with Crippen molar-refractivity contribution in [3.63, 3.8) is 0 Å². The molecule has 5 heteroatoms. The normalized spacial score (nSPS) is 11.5. The predicted molar refractivity (Wildman–Crippen MR) is 83.8 cm³/mol. The van der Waals surface area contributed by atoms with E-state index < -0.39 is 0 Å². The van der Waals surface area contributed by atoms with Gasteiger partial charge in [-0.25, -0.2) is 4.98 Å². The number of fused-ring (bicyclic) bond motifs is 4. The zero-order valence-electron chi connectivity index (χ0n) is 10.8. The topological polar surface area (TPSA) is 69.1 Å². The van der Waals surface area contributed by atoms with E-state index in [4.69, 9.17) is 21.8 Å². The van der Waals surface area contributed by atoms with Crippen molar-refractivity contribution in [1.29, 1.82) is 0 Å². The van der Waals surface area contributed by atoms with Crippen molar-refractivity contribution in [2.45, 2.75) is 0 Å². The van der Waals surface area contributed by atoms with Crippen LogP contribution >= 0.6 is 11.6 Å². The smallest absolute Gasteiger partial charge is 0.209 e. The summed E-state index contributed by atoms with van der Waals surface area (Å²) in [6.45, 7) is 0. The maximum Gasteiger partial charge on any atom is 0.209 e. The molecule has 102 valence electrons. The summed E-state index contributed by atoms with van der Waals surface area (Å²) >= 11 is 6.17. The number of anilines is 1. The molecule has 0 saturated carbocycles. The number of nitrogens with zero attached hydrogens (tertiary/aromatic N) is 1. The highest BCUT2D eigenvalue weighted by Crippen LogP contribution is 2.37. The predicted octanol–water partition coefficient (Wildman–Crippen LogP) is 3.68. The van der Waals surface area contributed by atoms with Crippen molar-refractivity contribution in [3.05, 3.63) is 57.7 Å². The number of para-hydroxylation sites is 2. The average molecular weight is 297 g/mol. The molecule has 0 amide bonds. The first kappa shape index (κ1) is 12.2. The van der Waals surface area contributed by atoms with Crippen molar-refractivity contribution in [1.82, 2.24) is 4.98 Å². The zero-order valence-corrected chi connectivity index (χ0v) is 11.5. The minimum Gasteiger partial charge on any atom is -0.451 e. The van der Waals surface area contributed by atoms with Crippen molar-refractivity contribution in [2.75, 3.05) is 5.73 Å². The number of nitrogen functional groups attached to an aromatic ring is 1. The van der Waals surface area contributed by atoms with Crippen LogP contribution in [0.5, 0.6) is 0 Å². The second-order valence-corrected chi connectivity index (χ2v) is 5.15. The van der Waals surface area contributed by atoms with Gasteiger partial charge in [0.15, 0.2) is 11.3 Å². The monoisotopic (exact) mass is 296 g/mol. The summed E-state index contributed by atoms with van der Waals surface area (Å²) in [5, 5.41) is 1.06. The molecule has 0 saturated heterocycles. The van der Waals surface area contributed by atoms with Crippen LogP contribution < -0.4 is 11.2 Å². The Morgan fingerprint density at radius 2 is 1.90 bits per heavy atom. The van der Waals surface area contributed by atoms with Gasteiger partial charge in [-0.1, -0.05) is 35.9 Å². The van der Waals surface area contributed by atoms with Crippen LogP contribution in [0.2, 0.25) is 5.02 Å². The molecule has 0 aromatic heterocycles. The fourth-order valence-electron chi connectivity index (χ4n) is 2.53. The van der Waals surface area contributed by atoms with Gasteiger partial charge in [-0.2, -0.15) is 0 Å². The van der Waals surface area contributed by atoms with E-state index in [0.717, 1.165) is 0 Å². The minimum atomic E-state index is -0.299. The van der Waals surface area contributed by atoms with E-state index in [1.165, 1.54) is 0 Å². The lowest BCUT2D eigenvalue weighted by molar-refractivity contribution is 0.614. The third-order valence-corrected chi connectivity index (χ3v) is 3.84. The van der Waals surface area contributed by atoms with Crippen LogP contribution in [-0.4, -0.2) is 4.98 Å². The van der Waals surface area contributed by atoms with Gasteiger partial charge in [-0.3, -0.25) is 4.79 Å². The van der Waals surface area contributed by atoms with Gasteiger partial charge in [0.1, 0.15) is 16.2 Å². The highest BCUT2D eigenvalue weighted by molar-refractivity contribution is 6.34. The Hall–Kier alpha value is -2.59. The molecule has 21 heavy (non-hydrogen) atoms. The number of halogens is 1. The number of hydrogen-bond donors (Lipinski definition) is 1. The van der Waals surface area contributed by atoms with Crippen LogP contribution in [0.3, 0.4) is 0 Å². The Balaban J connectivity index is 2.36. The Morgan fingerprint density at radius 3 is 2.76 bits per heavy atom. The van der Waals surface area contributed by atoms with E-state index in [2.05, 4.69) is 4.98 Å². The maximum absolute atomic E-state index is 12.4. The third-order valence-electron chi connectivity index (χ3n) is 3.50. The quantitative estimate of drug-likeness (QED) is 0.305. The first-order chi connectivity index (χ1) is 10.2. The molecule has 4 nitrogen and oxygen atoms in total. The number of hydrogen-bond acceptors (Lipinski definition) is 4. The van der Waals surface area contributed by atoms with E-state index in [9.17, 15) is 4.79 Å². The minimum absolute atomic E-state index is 0.0290. The molecule has 0 unspecified atom stereocenters. The van der Waals surface area contributed by atoms with E-state index in [0.29, 0.717) is 33.3 Å². The Morgan fingerprint density at radius 1 is 1.10 bits per heavy atom. The van der Waals surface area contributed by atoms with Crippen molar-refractivity contribution < 1.29 is 4.42 Å². The molecule has 0 bridgehead atoms. The third kappa shape index (κ3) is 1.63. The first-order valence-corrected chi connectivity index (χ1v) is 6.74. The SMILES string of the molecule is Nc1cccc2c(=O)c(Cl)c3oc4ccccc4nc-3c12. The molecular formula is C16H9ClN2O2. The highest BCUT2D eigenvalue weighted by atomic mass is 35.5. The Labute approximate surface area is 124 Å². The van der Waals surface area contributed by atoms with E-state index >= 15 is 0 Å². The van der Waals surface area contributed by atoms with Crippen LogP contribution in [0.4, 0.5) is 5.69 Å². The Bertz CT molecular complexity index is 1040. The van der Waals surface area contributed by atoms with Crippen molar-refractivity contribution in [2.24, 2.45) is 0 Å². The molecule has 1 aliphatic heterocycles. The molecule has 2 aromatic carbocycles. The second-order valence-electron chi connectivity index (χ2n) is 4.77. The standard InChI is InChI=1S/C16H9ClN2O2/c17-13-15(20)8-4-3-5-9(18)12(8)14-16(13)21-11-7-2-1-6-10(11)19-14/h1-7H,18H2. The molecule has 0 radical (unpaired) electrons. The van der Waals surface area contributed by atoms with Gasteiger partial charge in [0.25, 0.3) is 0 Å². The lowest BCUT2D eigenvalue weighted by Gasteiger charge is -2.12. The summed E-state index contributed by atoms with van der Waals surface area (Å²) < 4.78 is 5.77. The fourth-order valence-corrected chi connectivity index (χ4v) is 2.76. The molecule has 0 atom stereocenters. The molecule has 2 N–H and O–H groups in total. The van der Waals surface area contributed by atoms with Gasteiger partial charge in [0.2, 0.25) is 5.43 Å². The van der Waals surface area contributed by atoms with Gasteiger partial charge < -0.3 is 10.2 Å². The van der Waals surface area contributed by atoms with Gasteiger partial charge in [-0.05, 0) is 18.2 Å². The summed E-state index contributed by atoms with van der Waals surface area (Å²) in [5.41, 5.74) is 7.96. The van der Waals surface area contributed by atoms with Crippen LogP contribution in [0, 0.1) is 0 Å². The summed E-state index contributed by atoms with van der Waals surface area (Å²) in [4.78, 5) is 16.9. The van der Waals surface area contributed by atoms with Crippen LogP contribution in [0.25, 0.3) is 33.3 Å². The maximum atomic E-state index is 12.4. The largest absolute Gasteiger partial charge is 0.451 e. The summed E-state index contributed by atoms with van der Waals surface area (Å²) in [6.07, 6.45) is 0. The van der Waals surface area contributed by atoms with Gasteiger partial charge in [-0.15, -0.1) is 0 Å². The van der Waals surface area contributed by atoms with Gasteiger partial charge >= 0.3 is 0 Å². The highest BCUT2D eigenvalue weighted by Gasteiger charge is 2.22. The van der Waals surface area contributed by atoms with E-state index in [-0.39, 0.29) is 16.2 Å². The van der Waals surface area contributed by atoms with Crippen LogP contribution in [0.1, 0.15) is 0 Å². The molecular weight excluding hydrogens is 288 g/mol. The molecule has 2 aliphatic rings. The molecule has 4 rings (SSSR count). The molecule has 0 spiro atoms. The van der Waals surface area contributed by atoms with Crippen LogP contribution in [-0.2, 0) is 0 Å². The summed E-state index contributed by atoms with van der Waals surface area (Å²) in [7, 11) is 0. The van der Waals surface area contributed by atoms with Gasteiger partial charge in [0, 0.05) is 16.5 Å². The summed E-state index contributed by atoms with van der Waals surface area (Å²) in [6, 6.07) is 12.5. The van der Waals surface area contributed by atoms with Crippen molar-refractivity contribution in [3.8, 4) is 11.5 Å². The fraction of sp³-hybridized carbons (Fsp3) is 0. The van der Waals surface area contributed by atoms with E-state index in [1.807, 2.05) is 18.2 Å². The molecule has 1 aliphatic carbocycles. The lowest BCUT2D eigenvalue weighted by atomic mass is 10.0. The van der Waals surface area contributed by atoms with E-state index in [1.54, 1.807) is 24.3 Å². The van der Waals surface area contributed by atoms with Gasteiger partial charge in [0.05, 0.1) is 0 Å². The summed E-state index contributed by atoms with van der Waals surface area (Å²) in [5.74, 6) is 0.269. The number of benzene rings is 3. The zero-order chi connectivity index (χ0) is 14.6. The Kier molecular flexibility index (Phi) is 2.43. The molecule has 1 heterocycles. The number of rotatable bonds is 0. The van der Waals surface area contributed by atoms with Crippen LogP contribution in [0.15, 0.2) is 51.7 Å². The molecule has 2 aromatic rings. The lowest BCUT2D eigenvalue weighted by Crippen LogP contribution is -2.08. The first-order valence-electron chi connectivity index (χ1n) is 6.36. The second kappa shape index (κ2) is 4.20.